The molecule has 0 N–H and O–H groups in total. The maximum Gasteiger partial charge on any atom is 0.367 e. The molecule has 0 atom stereocenters. The maximum atomic E-state index is 11.7. The Morgan fingerprint density at radius 3 is 2.62 bits per heavy atom. The maximum absolute atomic E-state index is 11.7. The topological polar surface area (TPSA) is 65.7 Å². The second-order valence-corrected chi connectivity index (χ2v) is 5.44. The lowest BCUT2D eigenvalue weighted by atomic mass is 9.98. The molecule has 1 aliphatic heterocycles. The zero-order chi connectivity index (χ0) is 15.1. The molecule has 0 spiro atoms. The summed E-state index contributed by atoms with van der Waals surface area (Å²) in [5.74, 6) is -0.615. The van der Waals surface area contributed by atoms with E-state index in [1.54, 1.807) is 6.92 Å². The lowest BCUT2D eigenvalue weighted by molar-refractivity contribution is -0.134. The molecule has 0 aromatic heterocycles. The molecule has 0 bridgehead atoms. The van der Waals surface area contributed by atoms with E-state index in [9.17, 15) is 4.79 Å². The molecule has 0 saturated carbocycles. The summed E-state index contributed by atoms with van der Waals surface area (Å²) in [6.07, 6.45) is 7.78. The molecule has 1 heterocycles. The van der Waals surface area contributed by atoms with Gasteiger partial charge in [-0.25, -0.2) is 9.79 Å². The molecule has 0 aromatic carbocycles. The van der Waals surface area contributed by atoms with Crippen LogP contribution in [0.25, 0.3) is 0 Å². The monoisotopic (exact) mass is 289 g/mol. The van der Waals surface area contributed by atoms with E-state index < -0.39 is 5.97 Å². The number of carbonyl (C=O) groups is 1. The second kappa shape index (κ2) is 7.82. The van der Waals surface area contributed by atoms with Crippen LogP contribution in [0.5, 0.6) is 0 Å². The Morgan fingerprint density at radius 1 is 1.24 bits per heavy atom. The summed E-state index contributed by atoms with van der Waals surface area (Å²) in [6.45, 7) is 4.12. The zero-order valence-electron chi connectivity index (χ0n) is 12.7. The Kier molecular flexibility index (Phi) is 5.79. The van der Waals surface area contributed by atoms with E-state index in [0.717, 1.165) is 44.5 Å². The molecule has 114 valence electrons. The van der Waals surface area contributed by atoms with Crippen molar-refractivity contribution in [3.63, 3.8) is 0 Å². The largest absolute Gasteiger partial charge is 0.461 e. The summed E-state index contributed by atoms with van der Waals surface area (Å²) in [4.78, 5) is 18.5. The minimum atomic E-state index is -0.615. The molecule has 2 aliphatic rings. The number of ether oxygens (including phenoxy) is 1. The van der Waals surface area contributed by atoms with Gasteiger partial charge in [0.2, 0.25) is 5.71 Å². The van der Waals surface area contributed by atoms with Gasteiger partial charge in [0.15, 0.2) is 0 Å². The van der Waals surface area contributed by atoms with Crippen molar-refractivity contribution < 1.29 is 9.53 Å². The van der Waals surface area contributed by atoms with Crippen LogP contribution in [0.2, 0.25) is 0 Å². The number of allylic oxidation sites excluding steroid dienone is 2. The van der Waals surface area contributed by atoms with Crippen LogP contribution in [-0.2, 0) is 9.53 Å². The number of carbonyl (C=O) groups excluding carboxylic acids is 1. The van der Waals surface area contributed by atoms with Gasteiger partial charge in [-0.3, -0.25) is 0 Å². The Bertz CT molecular complexity index is 482. The number of piperidine rings is 1. The number of aliphatic imine (C=N–C) groups is 1. The molecule has 0 aromatic rings. The van der Waals surface area contributed by atoms with Gasteiger partial charge in [0, 0.05) is 18.8 Å². The van der Waals surface area contributed by atoms with Gasteiger partial charge in [-0.05, 0) is 51.9 Å². The van der Waals surface area contributed by atoms with Gasteiger partial charge in [0.05, 0.1) is 12.3 Å². The van der Waals surface area contributed by atoms with Crippen LogP contribution in [0.3, 0.4) is 0 Å². The van der Waals surface area contributed by atoms with Crippen molar-refractivity contribution in [2.75, 3.05) is 19.7 Å². The second-order valence-electron chi connectivity index (χ2n) is 5.44. The minimum absolute atomic E-state index is 0.122. The van der Waals surface area contributed by atoms with Crippen molar-refractivity contribution in [1.82, 2.24) is 4.90 Å². The summed E-state index contributed by atoms with van der Waals surface area (Å²) in [6, 6.07) is 1.88. The number of nitriles is 1. The fraction of sp³-hybridized carbons (Fsp3) is 0.688. The number of nitrogens with zero attached hydrogens (tertiary/aromatic N) is 3. The van der Waals surface area contributed by atoms with Crippen molar-refractivity contribution in [3.05, 3.63) is 11.4 Å². The molecule has 0 unspecified atom stereocenters. The third kappa shape index (κ3) is 4.07. The first-order valence-corrected chi connectivity index (χ1v) is 7.89. The standard InChI is InChI=1S/C16H23N3O2/c1-2-21-16(20)14(12-17)18-13-8-4-5-9-15(13)19-10-6-3-7-11-19/h2-11H2,1H3. The molecule has 21 heavy (non-hydrogen) atoms. The zero-order valence-corrected chi connectivity index (χ0v) is 12.7. The van der Waals surface area contributed by atoms with Crippen LogP contribution in [0, 0.1) is 11.3 Å². The molecule has 5 nitrogen and oxygen atoms in total. The van der Waals surface area contributed by atoms with E-state index in [0.29, 0.717) is 0 Å². The molecular formula is C16H23N3O2. The highest BCUT2D eigenvalue weighted by atomic mass is 16.5. The Balaban J connectivity index is 2.25. The summed E-state index contributed by atoms with van der Waals surface area (Å²) in [7, 11) is 0. The SMILES string of the molecule is CCOC(=O)C(C#N)=NC1=C(N2CCCCC2)CCCC1. The Hall–Kier alpha value is -1.83. The smallest absolute Gasteiger partial charge is 0.367 e. The quantitative estimate of drug-likeness (QED) is 0.589. The van der Waals surface area contributed by atoms with Crippen molar-refractivity contribution >= 4 is 11.7 Å². The van der Waals surface area contributed by atoms with Crippen molar-refractivity contribution in [2.24, 2.45) is 4.99 Å². The number of hydrogen-bond donors (Lipinski definition) is 0. The fourth-order valence-electron chi connectivity index (χ4n) is 2.95. The van der Waals surface area contributed by atoms with Gasteiger partial charge in [-0.15, -0.1) is 0 Å². The van der Waals surface area contributed by atoms with Crippen LogP contribution >= 0.6 is 0 Å². The summed E-state index contributed by atoms with van der Waals surface area (Å²) >= 11 is 0. The highest BCUT2D eigenvalue weighted by molar-refractivity contribution is 6.43. The first kappa shape index (κ1) is 15.6. The molecule has 2 rings (SSSR count). The molecule has 5 heteroatoms. The fourth-order valence-corrected chi connectivity index (χ4v) is 2.95. The van der Waals surface area contributed by atoms with E-state index in [1.165, 1.54) is 25.0 Å². The summed E-state index contributed by atoms with van der Waals surface area (Å²) < 4.78 is 4.89. The molecule has 1 saturated heterocycles. The lowest BCUT2D eigenvalue weighted by Crippen LogP contribution is -2.31. The highest BCUT2D eigenvalue weighted by Gasteiger charge is 2.22. The third-order valence-electron chi connectivity index (χ3n) is 3.97. The molecular weight excluding hydrogens is 266 g/mol. The van der Waals surface area contributed by atoms with Gasteiger partial charge in [0.1, 0.15) is 6.07 Å². The first-order chi connectivity index (χ1) is 10.3. The highest BCUT2D eigenvalue weighted by Crippen LogP contribution is 2.30. The number of rotatable bonds is 4. The Morgan fingerprint density at radius 2 is 1.95 bits per heavy atom. The number of esters is 1. The van der Waals surface area contributed by atoms with Crippen LogP contribution < -0.4 is 0 Å². The van der Waals surface area contributed by atoms with Gasteiger partial charge in [0.25, 0.3) is 0 Å². The van der Waals surface area contributed by atoms with Gasteiger partial charge in [-0.1, -0.05) is 0 Å². The minimum Gasteiger partial charge on any atom is -0.461 e. The van der Waals surface area contributed by atoms with Crippen LogP contribution in [0.1, 0.15) is 51.9 Å². The average Bonchev–Trinajstić information content (AvgIpc) is 2.54. The Labute approximate surface area is 126 Å². The first-order valence-electron chi connectivity index (χ1n) is 7.89. The summed E-state index contributed by atoms with van der Waals surface area (Å²) in [5.41, 5.74) is 2.02. The predicted molar refractivity (Wildman–Crippen MR) is 80.6 cm³/mol. The average molecular weight is 289 g/mol. The van der Waals surface area contributed by atoms with E-state index in [1.807, 2.05) is 6.07 Å². The van der Waals surface area contributed by atoms with Gasteiger partial charge < -0.3 is 9.64 Å². The van der Waals surface area contributed by atoms with E-state index >= 15 is 0 Å². The van der Waals surface area contributed by atoms with Crippen LogP contribution in [-0.4, -0.2) is 36.3 Å². The normalized spacial score (nSPS) is 20.2. The van der Waals surface area contributed by atoms with Crippen molar-refractivity contribution in [1.29, 1.82) is 5.26 Å². The van der Waals surface area contributed by atoms with Crippen LogP contribution in [0.4, 0.5) is 0 Å². The van der Waals surface area contributed by atoms with Crippen molar-refractivity contribution in [3.8, 4) is 6.07 Å². The van der Waals surface area contributed by atoms with E-state index in [2.05, 4.69) is 9.89 Å². The third-order valence-corrected chi connectivity index (χ3v) is 3.97. The van der Waals surface area contributed by atoms with Crippen LogP contribution in [0.15, 0.2) is 16.4 Å². The van der Waals surface area contributed by atoms with Gasteiger partial charge >= 0.3 is 5.97 Å². The van der Waals surface area contributed by atoms with E-state index in [4.69, 9.17) is 10.00 Å². The van der Waals surface area contributed by atoms with E-state index in [-0.39, 0.29) is 12.3 Å². The number of likely N-dealkylation sites (tertiary alicyclic amines) is 1. The van der Waals surface area contributed by atoms with Gasteiger partial charge in [-0.2, -0.15) is 5.26 Å². The molecule has 0 radical (unpaired) electrons. The predicted octanol–water partition coefficient (Wildman–Crippen LogP) is 2.79. The molecule has 0 amide bonds. The lowest BCUT2D eigenvalue weighted by Gasteiger charge is -2.34. The summed E-state index contributed by atoms with van der Waals surface area (Å²) in [5, 5.41) is 9.13. The molecule has 1 fully saturated rings. The molecule has 1 aliphatic carbocycles. The van der Waals surface area contributed by atoms with Crippen molar-refractivity contribution in [2.45, 2.75) is 51.9 Å². The number of hydrogen-bond acceptors (Lipinski definition) is 5.